The molecule has 6 N–H and O–H groups in total. The van der Waals surface area contributed by atoms with Crippen molar-refractivity contribution >= 4 is 27.7 Å². The number of nitrogens with zero attached hydrogens (tertiary/aromatic N) is 2. The molecule has 0 bridgehead atoms. The molecule has 11 heteroatoms. The van der Waals surface area contributed by atoms with Gasteiger partial charge in [0.1, 0.15) is 23.1 Å². The molecule has 1 aromatic heterocycles. The van der Waals surface area contributed by atoms with Gasteiger partial charge in [0.25, 0.3) is 5.91 Å². The SMILES string of the molecule is Nc1ncc([C@H]2CC[C@@H](O)[C@@H](O)C2)nc1-c1ccc(C(=O)NC(CO)c2cc(F)cc(Br)c2)c(F)c1. The summed E-state index contributed by atoms with van der Waals surface area (Å²) < 4.78 is 29.2. The van der Waals surface area contributed by atoms with Crippen molar-refractivity contribution in [3.63, 3.8) is 0 Å². The van der Waals surface area contributed by atoms with Gasteiger partial charge in [0.2, 0.25) is 0 Å². The average molecular weight is 563 g/mol. The maximum Gasteiger partial charge on any atom is 0.254 e. The van der Waals surface area contributed by atoms with E-state index < -0.39 is 42.4 Å². The van der Waals surface area contributed by atoms with E-state index in [0.29, 0.717) is 40.6 Å². The van der Waals surface area contributed by atoms with E-state index in [0.717, 1.165) is 6.07 Å². The first-order chi connectivity index (χ1) is 17.2. The zero-order valence-electron chi connectivity index (χ0n) is 19.0. The number of benzene rings is 2. The number of rotatable bonds is 6. The third kappa shape index (κ3) is 5.70. The summed E-state index contributed by atoms with van der Waals surface area (Å²) in [7, 11) is 0. The van der Waals surface area contributed by atoms with E-state index in [-0.39, 0.29) is 23.0 Å². The van der Waals surface area contributed by atoms with Gasteiger partial charge in [0, 0.05) is 16.0 Å². The molecule has 0 saturated heterocycles. The molecule has 4 atom stereocenters. The first-order valence-corrected chi connectivity index (χ1v) is 12.1. The summed E-state index contributed by atoms with van der Waals surface area (Å²) in [6.07, 6.45) is 1.22. The van der Waals surface area contributed by atoms with E-state index in [9.17, 15) is 24.5 Å². The Morgan fingerprint density at radius 2 is 1.94 bits per heavy atom. The molecule has 2 aromatic carbocycles. The minimum absolute atomic E-state index is 0.0729. The number of aliphatic hydroxyl groups is 3. The van der Waals surface area contributed by atoms with E-state index in [4.69, 9.17) is 5.73 Å². The van der Waals surface area contributed by atoms with Crippen LogP contribution in [0.2, 0.25) is 0 Å². The Morgan fingerprint density at radius 3 is 2.61 bits per heavy atom. The summed E-state index contributed by atoms with van der Waals surface area (Å²) in [4.78, 5) is 21.5. The lowest BCUT2D eigenvalue weighted by molar-refractivity contribution is -0.0153. The summed E-state index contributed by atoms with van der Waals surface area (Å²) >= 11 is 3.17. The highest BCUT2D eigenvalue weighted by molar-refractivity contribution is 9.10. The van der Waals surface area contributed by atoms with Crippen LogP contribution in [0.1, 0.15) is 52.8 Å². The van der Waals surface area contributed by atoms with Crippen molar-refractivity contribution < 1.29 is 28.9 Å². The van der Waals surface area contributed by atoms with Gasteiger partial charge in [-0.1, -0.05) is 22.0 Å². The van der Waals surface area contributed by atoms with Crippen LogP contribution in [0.25, 0.3) is 11.3 Å². The van der Waals surface area contributed by atoms with Crippen LogP contribution in [0.4, 0.5) is 14.6 Å². The largest absolute Gasteiger partial charge is 0.394 e. The lowest BCUT2D eigenvalue weighted by Crippen LogP contribution is -2.33. The highest BCUT2D eigenvalue weighted by Crippen LogP contribution is 2.34. The van der Waals surface area contributed by atoms with E-state index in [1.807, 2.05) is 0 Å². The second-order valence-corrected chi connectivity index (χ2v) is 9.70. The first kappa shape index (κ1) is 26.1. The number of nitrogen functional groups attached to an aromatic ring is 1. The molecule has 1 amide bonds. The van der Waals surface area contributed by atoms with Crippen LogP contribution in [-0.4, -0.2) is 50.0 Å². The van der Waals surface area contributed by atoms with Gasteiger partial charge in [-0.2, -0.15) is 0 Å². The van der Waals surface area contributed by atoms with Crippen LogP contribution in [0.3, 0.4) is 0 Å². The van der Waals surface area contributed by atoms with Gasteiger partial charge in [-0.15, -0.1) is 0 Å². The van der Waals surface area contributed by atoms with Gasteiger partial charge in [-0.05, 0) is 55.2 Å². The summed E-state index contributed by atoms with van der Waals surface area (Å²) in [5, 5.41) is 32.0. The number of hydrogen-bond acceptors (Lipinski definition) is 7. The molecule has 1 heterocycles. The lowest BCUT2D eigenvalue weighted by Gasteiger charge is -2.29. The number of nitrogens with two attached hydrogens (primary N) is 1. The fourth-order valence-corrected chi connectivity index (χ4v) is 4.80. The van der Waals surface area contributed by atoms with E-state index in [2.05, 4.69) is 31.2 Å². The molecular weight excluding hydrogens is 538 g/mol. The summed E-state index contributed by atoms with van der Waals surface area (Å²) in [6.45, 7) is -0.521. The fraction of sp³-hybridized carbons (Fsp3) is 0.320. The van der Waals surface area contributed by atoms with Gasteiger partial charge < -0.3 is 26.4 Å². The highest BCUT2D eigenvalue weighted by atomic mass is 79.9. The van der Waals surface area contributed by atoms with E-state index in [1.54, 1.807) is 6.07 Å². The molecule has 3 aromatic rings. The number of anilines is 1. The molecule has 1 aliphatic rings. The maximum atomic E-state index is 15.0. The number of carbonyl (C=O) groups is 1. The normalized spacial score (nSPS) is 20.7. The molecule has 1 fully saturated rings. The second kappa shape index (κ2) is 11.0. The smallest absolute Gasteiger partial charge is 0.254 e. The molecule has 1 unspecified atom stereocenters. The number of carbonyl (C=O) groups excluding carboxylic acids is 1. The van der Waals surface area contributed by atoms with Crippen molar-refractivity contribution in [2.24, 2.45) is 0 Å². The van der Waals surface area contributed by atoms with Gasteiger partial charge in [0.05, 0.1) is 42.3 Å². The summed E-state index contributed by atoms with van der Waals surface area (Å²) in [6, 6.07) is 6.87. The third-order valence-electron chi connectivity index (χ3n) is 6.28. The molecule has 1 aliphatic carbocycles. The average Bonchev–Trinajstić information content (AvgIpc) is 2.83. The third-order valence-corrected chi connectivity index (χ3v) is 6.74. The predicted octanol–water partition coefficient (Wildman–Crippen LogP) is 3.22. The van der Waals surface area contributed by atoms with Crippen LogP contribution in [0.15, 0.2) is 47.1 Å². The Morgan fingerprint density at radius 1 is 1.17 bits per heavy atom. The molecule has 190 valence electrons. The quantitative estimate of drug-likeness (QED) is 0.310. The molecule has 0 spiro atoms. The summed E-state index contributed by atoms with van der Waals surface area (Å²) in [5.74, 6) is -2.25. The zero-order valence-corrected chi connectivity index (χ0v) is 20.6. The molecule has 0 aliphatic heterocycles. The van der Waals surface area contributed by atoms with Crippen LogP contribution >= 0.6 is 15.9 Å². The van der Waals surface area contributed by atoms with E-state index >= 15 is 4.39 Å². The molecule has 8 nitrogen and oxygen atoms in total. The van der Waals surface area contributed by atoms with Crippen LogP contribution in [-0.2, 0) is 0 Å². The van der Waals surface area contributed by atoms with Crippen molar-refractivity contribution in [3.05, 3.63) is 75.5 Å². The molecular formula is C25H25BrF2N4O4. The number of nitrogens with one attached hydrogen (secondary N) is 1. The minimum atomic E-state index is -0.953. The second-order valence-electron chi connectivity index (χ2n) is 8.78. The number of hydrogen-bond donors (Lipinski definition) is 5. The standard InChI is InChI=1S/C25H25BrF2N4O4/c26-15-5-14(6-16(27)9-15)20(11-33)32-25(36)17-3-1-13(7-18(17)28)23-24(29)30-10-19(31-23)12-2-4-21(34)22(35)8-12/h1,3,5-7,9-10,12,20-22,33-35H,2,4,8,11H2,(H2,29,30)(H,32,36)/t12-,20?,21+,22-/m0/s1. The fourth-order valence-electron chi connectivity index (χ4n) is 4.31. The Kier molecular flexibility index (Phi) is 7.94. The minimum Gasteiger partial charge on any atom is -0.394 e. The topological polar surface area (TPSA) is 142 Å². The Bertz CT molecular complexity index is 1260. The highest BCUT2D eigenvalue weighted by Gasteiger charge is 2.30. The van der Waals surface area contributed by atoms with Crippen molar-refractivity contribution in [2.75, 3.05) is 12.3 Å². The first-order valence-electron chi connectivity index (χ1n) is 11.3. The number of aromatic nitrogens is 2. The van der Waals surface area contributed by atoms with Crippen molar-refractivity contribution in [1.29, 1.82) is 0 Å². The molecule has 36 heavy (non-hydrogen) atoms. The number of halogens is 3. The Balaban J connectivity index is 1.56. The van der Waals surface area contributed by atoms with Gasteiger partial charge in [-0.25, -0.2) is 18.7 Å². The van der Waals surface area contributed by atoms with Crippen molar-refractivity contribution in [3.8, 4) is 11.3 Å². The van der Waals surface area contributed by atoms with Gasteiger partial charge in [-0.3, -0.25) is 4.79 Å². The zero-order chi connectivity index (χ0) is 26.0. The van der Waals surface area contributed by atoms with Crippen LogP contribution in [0, 0.1) is 11.6 Å². The predicted molar refractivity (Wildman–Crippen MR) is 132 cm³/mol. The Labute approximate surface area is 214 Å². The molecule has 4 rings (SSSR count). The van der Waals surface area contributed by atoms with E-state index in [1.165, 1.54) is 30.5 Å². The van der Waals surface area contributed by atoms with Crippen LogP contribution < -0.4 is 11.1 Å². The molecule has 0 radical (unpaired) electrons. The van der Waals surface area contributed by atoms with Gasteiger partial charge >= 0.3 is 0 Å². The Hall–Kier alpha value is -2.99. The summed E-state index contributed by atoms with van der Waals surface area (Å²) in [5.41, 5.74) is 7.14. The number of aliphatic hydroxyl groups excluding tert-OH is 3. The maximum absolute atomic E-state index is 15.0. The lowest BCUT2D eigenvalue weighted by atomic mass is 9.83. The van der Waals surface area contributed by atoms with Crippen LogP contribution in [0.5, 0.6) is 0 Å². The van der Waals surface area contributed by atoms with Gasteiger partial charge in [0.15, 0.2) is 0 Å². The molecule has 1 saturated carbocycles. The van der Waals surface area contributed by atoms with Crippen molar-refractivity contribution in [2.45, 2.75) is 43.4 Å². The number of amides is 1. The van der Waals surface area contributed by atoms with Crippen molar-refractivity contribution in [1.82, 2.24) is 15.3 Å². The monoisotopic (exact) mass is 562 g/mol.